The molecular formula is C64H102N18O26S4. The van der Waals surface area contributed by atoms with Gasteiger partial charge >= 0.3 is 23.9 Å². The first-order valence-electron chi connectivity index (χ1n) is 35.0. The summed E-state index contributed by atoms with van der Waals surface area (Å²) in [6, 6.07) is -28.1. The van der Waals surface area contributed by atoms with Crippen molar-refractivity contribution in [2.45, 2.75) is 217 Å². The maximum absolute atomic E-state index is 14.9. The number of carbonyl (C=O) groups excluding carboxylic acids is 17. The third-order valence-corrected chi connectivity index (χ3v) is 21.0. The molecule has 3 saturated heterocycles. The number of carbonyl (C=O) groups is 21. The van der Waals surface area contributed by atoms with E-state index in [1.165, 1.54) is 27.7 Å². The van der Waals surface area contributed by atoms with Crippen LogP contribution in [0.5, 0.6) is 0 Å². The first-order valence-corrected chi connectivity index (χ1v) is 40.0. The zero-order valence-electron chi connectivity index (χ0n) is 62.9. The topological polar surface area (TPSA) is 718 Å². The van der Waals surface area contributed by atoms with Crippen molar-refractivity contribution in [2.75, 3.05) is 29.6 Å². The van der Waals surface area contributed by atoms with E-state index in [0.717, 1.165) is 24.6 Å². The van der Waals surface area contributed by atoms with Crippen LogP contribution in [0.3, 0.4) is 0 Å². The number of hydrogen-bond acceptors (Lipinski definition) is 27. The van der Waals surface area contributed by atoms with Crippen LogP contribution in [0.1, 0.15) is 121 Å². The molecule has 0 spiro atoms. The Morgan fingerprint density at radius 2 is 0.938 bits per heavy atom. The second kappa shape index (κ2) is 48.2. The fourth-order valence-corrected chi connectivity index (χ4v) is 14.9. The van der Waals surface area contributed by atoms with E-state index in [-0.39, 0.29) is 18.8 Å². The number of amides is 17. The highest BCUT2D eigenvalue weighted by Crippen LogP contribution is 2.26. The van der Waals surface area contributed by atoms with Gasteiger partial charge in [0.1, 0.15) is 84.6 Å². The Morgan fingerprint density at radius 3 is 1.44 bits per heavy atom. The standard InChI is InChI=1S/C64H102N18O26S4/c1-24(2)13-32-53(96)79-40-23-112-109-20-37(57(100)76-36(64(107)108)14-25(3)4)70-43(86)19-68-61(104)49(29(10)83)82-60(103)39(77-50(93)28(9)69-62(105)47(26(5)6)80-56(99)33(16-42(67)85)75-63(106)48(27(7)8)81-59(40)102)22-111-110-21-38(58(101)71-31(52(95)73-32)11-12-44(87)88)78-55(98)35(18-46(91)92)74-54(97)34(17-45(89)90)72-51(94)30(65)15-41(66)84/h24-40,47-49,83H,11-23,65H2,1-10H3,(H2,66,84)(H2,67,85)(H,68,104)(H,69,105)(H,70,86)(H,71,101)(H,72,94)(H,73,95)(H,74,97)(H,75,106)(H,76,100)(H,77,93)(H,78,98)(H,79,96)(H,80,99)(H,81,102)(H,82,103)(H,87,88)(H,89,90)(H,91,92)(H,107,108)/t28-,29+,30-,31-,32-,33-,34-,35-,36-,37-,38-,39-,40-,47-,48-,49?/m0/s1. The van der Waals surface area contributed by atoms with Crippen LogP contribution in [0.25, 0.3) is 0 Å². The Balaban J connectivity index is 3.27. The summed E-state index contributed by atoms with van der Waals surface area (Å²) in [6.07, 6.45) is -8.41. The lowest BCUT2D eigenvalue weighted by atomic mass is 10.00. The molecule has 0 saturated carbocycles. The summed E-state index contributed by atoms with van der Waals surface area (Å²) in [7, 11) is 2.53. The lowest BCUT2D eigenvalue weighted by molar-refractivity contribution is -0.143. The molecule has 0 aromatic heterocycles. The molecule has 48 heteroatoms. The van der Waals surface area contributed by atoms with E-state index >= 15 is 0 Å². The van der Waals surface area contributed by atoms with E-state index in [9.17, 15) is 126 Å². The van der Waals surface area contributed by atoms with Crippen molar-refractivity contribution in [2.24, 2.45) is 40.9 Å². The SMILES string of the molecule is CC(C)C[C@H](NC(=O)[C@@H]1CSSC[C@@H]2NC(=O)[C@H](CC(C)C)NC(=O)[C@H](CCC(=O)O)NC(=O)[C@@H](NC(=O)[C@H](CC(=O)O)NC(=O)[C@H](CC(=O)O)NC(=O)[C@@H](N)CC(N)=O)CSSC[C@H](NC(=O)[C@H](C)NC(=O)[C@H](C(C)C)NC(=O)[C@H](CC(N)=O)NC(=O)[C@H](C(C)C)NC2=O)C(=O)NC([C@@H](C)O)C(=O)NCC(=O)N1)C(=O)O. The van der Waals surface area contributed by atoms with Crippen LogP contribution < -0.4 is 97.0 Å². The van der Waals surface area contributed by atoms with Gasteiger partial charge in [0.25, 0.3) is 0 Å². The molecule has 112 heavy (non-hydrogen) atoms. The van der Waals surface area contributed by atoms with Crippen molar-refractivity contribution >= 4 is 167 Å². The number of primary amides is 2. The zero-order valence-corrected chi connectivity index (χ0v) is 66.2. The number of carboxylic acid groups (broad SMARTS) is 4. The van der Waals surface area contributed by atoms with E-state index in [2.05, 4.69) is 69.1 Å². The lowest BCUT2D eigenvalue weighted by Gasteiger charge is -2.29. The summed E-state index contributed by atoms with van der Waals surface area (Å²) in [5, 5.41) is 85.2. The summed E-state index contributed by atoms with van der Waals surface area (Å²) in [4.78, 5) is 287. The predicted molar refractivity (Wildman–Crippen MR) is 400 cm³/mol. The Kier molecular flexibility index (Phi) is 42.3. The van der Waals surface area contributed by atoms with Gasteiger partial charge in [0, 0.05) is 29.4 Å². The van der Waals surface area contributed by atoms with E-state index in [1.807, 2.05) is 10.6 Å². The van der Waals surface area contributed by atoms with Crippen LogP contribution in [0.4, 0.5) is 0 Å². The molecule has 17 amide bonds. The fraction of sp³-hybridized carbons (Fsp3) is 0.672. The smallest absolute Gasteiger partial charge is 0.326 e. The number of aliphatic hydroxyl groups is 1. The van der Waals surface area contributed by atoms with E-state index in [4.69, 9.17) is 17.2 Å². The van der Waals surface area contributed by atoms with E-state index in [1.54, 1.807) is 27.7 Å². The summed E-state index contributed by atoms with van der Waals surface area (Å²) in [6.45, 7) is 13.3. The van der Waals surface area contributed by atoms with Crippen molar-refractivity contribution in [3.63, 3.8) is 0 Å². The number of fused-ring (bicyclic) bond motifs is 37. The molecule has 3 aliphatic rings. The van der Waals surface area contributed by atoms with Crippen LogP contribution in [0, 0.1) is 23.7 Å². The largest absolute Gasteiger partial charge is 0.481 e. The van der Waals surface area contributed by atoms with Gasteiger partial charge in [-0.1, -0.05) is 98.6 Å². The molecule has 0 radical (unpaired) electrons. The minimum atomic E-state index is -2.32. The molecular weight excluding hydrogens is 1570 g/mol. The predicted octanol–water partition coefficient (Wildman–Crippen LogP) is -8.54. The molecule has 2 bridgehead atoms. The number of nitrogens with one attached hydrogen (secondary N) is 15. The molecule has 3 fully saturated rings. The highest BCUT2D eigenvalue weighted by Gasteiger charge is 2.41. The normalized spacial score (nSPS) is 24.6. The van der Waals surface area contributed by atoms with Gasteiger partial charge in [-0.2, -0.15) is 0 Å². The van der Waals surface area contributed by atoms with Gasteiger partial charge in [-0.3, -0.25) is 95.9 Å². The lowest BCUT2D eigenvalue weighted by Crippen LogP contribution is -2.62. The van der Waals surface area contributed by atoms with E-state index < -0.39 is 307 Å². The monoisotopic (exact) mass is 1670 g/mol. The minimum absolute atomic E-state index is 0.112. The van der Waals surface area contributed by atoms with Gasteiger partial charge in [0.2, 0.25) is 100 Å². The maximum atomic E-state index is 14.9. The highest BCUT2D eigenvalue weighted by molar-refractivity contribution is 8.77. The molecule has 0 aliphatic carbocycles. The molecule has 3 rings (SSSR count). The average Bonchev–Trinajstić information content (AvgIpc) is 0.815. The van der Waals surface area contributed by atoms with Crippen LogP contribution >= 0.6 is 43.2 Å². The summed E-state index contributed by atoms with van der Waals surface area (Å²) in [5.74, 6) is -33.2. The Bertz CT molecular complexity index is 3470. The number of aliphatic hydroxyl groups excluding tert-OH is 1. The highest BCUT2D eigenvalue weighted by atomic mass is 33.1. The second-order valence-corrected chi connectivity index (χ2v) is 32.7. The minimum Gasteiger partial charge on any atom is -0.481 e. The van der Waals surface area contributed by atoms with Crippen molar-refractivity contribution in [3.05, 3.63) is 0 Å². The van der Waals surface area contributed by atoms with E-state index in [0.29, 0.717) is 32.4 Å². The first kappa shape index (κ1) is 98.3. The molecule has 16 atom stereocenters. The van der Waals surface area contributed by atoms with Crippen LogP contribution in [-0.4, -0.2) is 276 Å². The third kappa shape index (κ3) is 35.7. The Labute approximate surface area is 658 Å². The third-order valence-electron chi connectivity index (χ3n) is 16.1. The van der Waals surface area contributed by atoms with Crippen LogP contribution in [0.2, 0.25) is 0 Å². The number of hydrogen-bond donors (Lipinski definition) is 23. The van der Waals surface area contributed by atoms with Crippen molar-refractivity contribution in [1.82, 2.24) is 79.8 Å². The summed E-state index contributed by atoms with van der Waals surface area (Å²) in [5.41, 5.74) is 16.3. The number of rotatable bonds is 27. The van der Waals surface area contributed by atoms with Gasteiger partial charge < -0.3 is 122 Å². The molecule has 0 aromatic carbocycles. The zero-order chi connectivity index (χ0) is 85.3. The number of aliphatic carboxylic acids is 4. The quantitative estimate of drug-likeness (QED) is 0.0268. The molecule has 44 nitrogen and oxygen atoms in total. The molecule has 3 aliphatic heterocycles. The average molecular weight is 1670 g/mol. The number of carboxylic acids is 4. The fourth-order valence-electron chi connectivity index (χ4n) is 10.2. The molecule has 26 N–H and O–H groups in total. The van der Waals surface area contributed by atoms with Crippen molar-refractivity contribution < 1.29 is 126 Å². The first-order chi connectivity index (χ1) is 52.1. The van der Waals surface area contributed by atoms with Gasteiger partial charge in [-0.25, -0.2) is 4.79 Å². The van der Waals surface area contributed by atoms with Gasteiger partial charge in [0.05, 0.1) is 44.4 Å². The van der Waals surface area contributed by atoms with Crippen molar-refractivity contribution in [1.29, 1.82) is 0 Å². The van der Waals surface area contributed by atoms with Gasteiger partial charge in [0.15, 0.2) is 0 Å². The van der Waals surface area contributed by atoms with Crippen molar-refractivity contribution in [3.8, 4) is 0 Å². The summed E-state index contributed by atoms with van der Waals surface area (Å²) >= 11 is 0. The molecule has 1 unspecified atom stereocenters. The van der Waals surface area contributed by atoms with Gasteiger partial charge in [-0.05, 0) is 56.8 Å². The number of nitrogens with two attached hydrogens (primary N) is 3. The maximum Gasteiger partial charge on any atom is 0.326 e. The Hall–Kier alpha value is -9.81. The second-order valence-electron chi connectivity index (χ2n) is 27.6. The van der Waals surface area contributed by atoms with Gasteiger partial charge in [-0.15, -0.1) is 0 Å². The molecule has 628 valence electrons. The van der Waals surface area contributed by atoms with Crippen LogP contribution in [0.15, 0.2) is 0 Å². The Morgan fingerprint density at radius 1 is 0.464 bits per heavy atom. The molecule has 3 heterocycles. The van der Waals surface area contributed by atoms with Crippen LogP contribution in [-0.2, 0) is 101 Å². The summed E-state index contributed by atoms with van der Waals surface area (Å²) < 4.78 is 0. The molecule has 0 aromatic rings.